The molecule has 0 spiro atoms. The van der Waals surface area contributed by atoms with E-state index in [-0.39, 0.29) is 5.30 Å². The van der Waals surface area contributed by atoms with Gasteiger partial charge in [0, 0.05) is 0 Å². The van der Waals surface area contributed by atoms with E-state index in [9.17, 15) is 13.8 Å². The highest BCUT2D eigenvalue weighted by atomic mass is 31.1. The van der Waals surface area contributed by atoms with Crippen molar-refractivity contribution in [2.75, 3.05) is 0 Å². The molecule has 0 aliphatic carbocycles. The largest absolute Gasteiger partial charge is 0.591 e. The molecule has 3 N–H and O–H groups in total. The van der Waals surface area contributed by atoms with Crippen LogP contribution in [0.5, 0.6) is 0 Å². The molecule has 1 aromatic carbocycles. The molecule has 1 atom stereocenters. The Hall–Kier alpha value is -0.830. The Morgan fingerprint density at radius 3 is 2.00 bits per heavy atom. The van der Waals surface area contributed by atoms with Crippen molar-refractivity contribution in [2.24, 2.45) is 0 Å². The Bertz CT molecular complexity index is 285. The van der Waals surface area contributed by atoms with Crippen molar-refractivity contribution in [3.8, 4) is 0 Å². The normalized spacial score (nSPS) is 10.6. The number of hydrogen-bond donors (Lipinski definition) is 1. The molecule has 0 saturated carbocycles. The van der Waals surface area contributed by atoms with Gasteiger partial charge in [-0.2, -0.15) is 0 Å². The van der Waals surface area contributed by atoms with Gasteiger partial charge < -0.3 is 10.6 Å². The number of benzene rings is 1. The molecule has 0 heterocycles. The van der Waals surface area contributed by atoms with Gasteiger partial charge in [-0.25, -0.2) is 4.39 Å². The standard InChI is InChI=1S/C6H4FO2P.C3H9N/c7-5-1-3-6(4-2-5)10(8)9;1-3(2)4/h1-4H;3H,4H2,1-2H3/p+1. The predicted molar refractivity (Wildman–Crippen MR) is 51.7 cm³/mol. The predicted octanol–water partition coefficient (Wildman–Crippen LogP) is 0.190. The van der Waals surface area contributed by atoms with Gasteiger partial charge in [-0.3, -0.25) is 0 Å². The molecule has 0 aliphatic rings. The lowest BCUT2D eigenvalue weighted by molar-refractivity contribution is -0.407. The van der Waals surface area contributed by atoms with Gasteiger partial charge in [0.25, 0.3) is 0 Å². The first-order valence-corrected chi connectivity index (χ1v) is 5.34. The molecule has 0 fully saturated rings. The van der Waals surface area contributed by atoms with Crippen molar-refractivity contribution < 1.29 is 19.6 Å². The second kappa shape index (κ2) is 6.60. The monoisotopic (exact) mass is 218 g/mol. The molecule has 3 nitrogen and oxygen atoms in total. The smallest absolute Gasteiger partial charge is 0.348 e. The van der Waals surface area contributed by atoms with Crippen LogP contribution in [0.3, 0.4) is 0 Å². The van der Waals surface area contributed by atoms with Crippen LogP contribution in [0.15, 0.2) is 24.3 Å². The third kappa shape index (κ3) is 6.66. The lowest BCUT2D eigenvalue weighted by atomic mass is 10.4. The van der Waals surface area contributed by atoms with E-state index in [2.05, 4.69) is 19.6 Å². The van der Waals surface area contributed by atoms with Crippen LogP contribution in [0.1, 0.15) is 13.8 Å². The molecule has 0 amide bonds. The van der Waals surface area contributed by atoms with Gasteiger partial charge in [0.2, 0.25) is 0 Å². The van der Waals surface area contributed by atoms with E-state index in [1.807, 2.05) is 0 Å². The minimum Gasteiger partial charge on any atom is -0.591 e. The van der Waals surface area contributed by atoms with E-state index < -0.39 is 13.8 Å². The topological polar surface area (TPSA) is 67.8 Å². The van der Waals surface area contributed by atoms with E-state index in [0.29, 0.717) is 6.04 Å². The van der Waals surface area contributed by atoms with Crippen molar-refractivity contribution in [1.29, 1.82) is 0 Å². The summed E-state index contributed by atoms with van der Waals surface area (Å²) in [6.45, 7) is 4.11. The highest BCUT2D eigenvalue weighted by molar-refractivity contribution is 7.45. The van der Waals surface area contributed by atoms with E-state index in [1.165, 1.54) is 12.1 Å². The number of hydrogen-bond acceptors (Lipinski definition) is 2. The molecule has 0 aliphatic heterocycles. The molecule has 1 aromatic rings. The van der Waals surface area contributed by atoms with Crippen LogP contribution >= 0.6 is 8.03 Å². The molecule has 0 radical (unpaired) electrons. The van der Waals surface area contributed by atoms with Gasteiger partial charge in [0.05, 0.1) is 6.04 Å². The highest BCUT2D eigenvalue weighted by Crippen LogP contribution is 2.06. The van der Waals surface area contributed by atoms with Gasteiger partial charge in [-0.15, -0.1) is 0 Å². The third-order valence-electron chi connectivity index (χ3n) is 1.04. The second-order valence-corrected chi connectivity index (χ2v) is 4.16. The number of rotatable bonds is 1. The number of halogens is 1. The zero-order valence-electron chi connectivity index (χ0n) is 8.24. The molecular weight excluding hydrogens is 204 g/mol. The van der Waals surface area contributed by atoms with Crippen LogP contribution in [0.2, 0.25) is 0 Å². The Morgan fingerprint density at radius 1 is 1.36 bits per heavy atom. The fraction of sp³-hybridized carbons (Fsp3) is 0.333. The molecule has 1 rings (SSSR count). The van der Waals surface area contributed by atoms with Crippen LogP contribution in [0.25, 0.3) is 0 Å². The van der Waals surface area contributed by atoms with Crippen LogP contribution in [-0.2, 0) is 4.57 Å². The first-order chi connectivity index (χ1) is 6.43. The summed E-state index contributed by atoms with van der Waals surface area (Å²) in [5, 5.41) is 0.136. The van der Waals surface area contributed by atoms with Crippen molar-refractivity contribution >= 4 is 13.3 Å². The lowest BCUT2D eigenvalue weighted by Crippen LogP contribution is -2.57. The van der Waals surface area contributed by atoms with E-state index in [0.717, 1.165) is 12.1 Å². The van der Waals surface area contributed by atoms with Crippen molar-refractivity contribution in [1.82, 2.24) is 0 Å². The average Bonchev–Trinajstić information content (AvgIpc) is 2.03. The number of quaternary nitrogens is 1. The van der Waals surface area contributed by atoms with Gasteiger partial charge in [-0.05, 0) is 38.1 Å². The van der Waals surface area contributed by atoms with Crippen LogP contribution in [0.4, 0.5) is 4.39 Å². The molecule has 0 aromatic heterocycles. The first kappa shape index (κ1) is 13.2. The zero-order chi connectivity index (χ0) is 11.1. The van der Waals surface area contributed by atoms with Crippen LogP contribution in [-0.4, -0.2) is 6.04 Å². The summed E-state index contributed by atoms with van der Waals surface area (Å²) in [5.74, 6) is -0.430. The Balaban J connectivity index is 0.000000364. The Labute approximate surface area is 83.6 Å². The molecule has 1 unspecified atom stereocenters. The van der Waals surface area contributed by atoms with Gasteiger partial charge in [0.1, 0.15) is 5.82 Å². The minimum atomic E-state index is -2.57. The summed E-state index contributed by atoms with van der Waals surface area (Å²) in [5.41, 5.74) is 3.64. The molecule has 0 saturated heterocycles. The summed E-state index contributed by atoms with van der Waals surface area (Å²) in [6.07, 6.45) is 0. The summed E-state index contributed by atoms with van der Waals surface area (Å²) in [6, 6.07) is 5.25. The molecule has 5 heteroatoms. The maximum atomic E-state index is 12.2. The van der Waals surface area contributed by atoms with Crippen molar-refractivity contribution in [3.63, 3.8) is 0 Å². The van der Waals surface area contributed by atoms with E-state index in [4.69, 9.17) is 0 Å². The fourth-order valence-electron chi connectivity index (χ4n) is 0.563. The van der Waals surface area contributed by atoms with E-state index in [1.54, 1.807) is 0 Å². The maximum Gasteiger partial charge on any atom is 0.348 e. The summed E-state index contributed by atoms with van der Waals surface area (Å²) in [7, 11) is -2.57. The van der Waals surface area contributed by atoms with E-state index >= 15 is 0 Å². The summed E-state index contributed by atoms with van der Waals surface area (Å²) >= 11 is 0. The third-order valence-corrected chi connectivity index (χ3v) is 1.76. The van der Waals surface area contributed by atoms with Gasteiger partial charge in [-0.1, -0.05) is 4.57 Å². The highest BCUT2D eigenvalue weighted by Gasteiger charge is 2.04. The van der Waals surface area contributed by atoms with Crippen LogP contribution < -0.4 is 15.9 Å². The van der Waals surface area contributed by atoms with Crippen LogP contribution in [0, 0.1) is 5.82 Å². The second-order valence-electron chi connectivity index (χ2n) is 3.13. The fourth-order valence-corrected chi connectivity index (χ4v) is 0.955. The first-order valence-electron chi connectivity index (χ1n) is 4.16. The van der Waals surface area contributed by atoms with Gasteiger partial charge in [0.15, 0.2) is 5.30 Å². The summed E-state index contributed by atoms with van der Waals surface area (Å²) < 4.78 is 22.4. The molecule has 78 valence electrons. The quantitative estimate of drug-likeness (QED) is 0.684. The Morgan fingerprint density at radius 2 is 1.71 bits per heavy atom. The summed E-state index contributed by atoms with van der Waals surface area (Å²) in [4.78, 5) is 10.2. The minimum absolute atomic E-state index is 0.136. The molecule has 0 bridgehead atoms. The maximum absolute atomic E-state index is 12.2. The lowest BCUT2D eigenvalue weighted by Gasteiger charge is -1.87. The molecule has 14 heavy (non-hydrogen) atoms. The van der Waals surface area contributed by atoms with Gasteiger partial charge >= 0.3 is 8.03 Å². The zero-order valence-corrected chi connectivity index (χ0v) is 9.13. The van der Waals surface area contributed by atoms with Crippen molar-refractivity contribution in [2.45, 2.75) is 19.9 Å². The average molecular weight is 218 g/mol. The SMILES string of the molecule is CC(C)[NH3+].O=[P+]([O-])c1ccc(F)cc1. The van der Waals surface area contributed by atoms with Crippen molar-refractivity contribution in [3.05, 3.63) is 30.1 Å². The Kier molecular flexibility index (Phi) is 6.21. The molecular formula is C9H14FNO2P+.